The predicted molar refractivity (Wildman–Crippen MR) is 29.1 cm³/mol. The van der Waals surface area contributed by atoms with E-state index in [0.717, 1.165) is 0 Å². The number of rotatable bonds is 0. The van der Waals surface area contributed by atoms with Crippen LogP contribution in [0.5, 0.6) is 0 Å². The van der Waals surface area contributed by atoms with Gasteiger partial charge in [0.05, 0.1) is 0 Å². The molecule has 0 heterocycles. The van der Waals surface area contributed by atoms with Gasteiger partial charge in [0.15, 0.2) is 0 Å². The standard InChI is InChI=1S/3CH3.Al.B.Na/h3*1H3;;;/q;;;;-1;+1. The van der Waals surface area contributed by atoms with E-state index in [0.29, 0.717) is 0 Å². The molecule has 0 aromatic heterocycles. The molecule has 0 aliphatic rings. The van der Waals surface area contributed by atoms with E-state index in [9.17, 15) is 0 Å². The van der Waals surface area contributed by atoms with Gasteiger partial charge in [0.2, 0.25) is 0 Å². The third-order valence-corrected chi connectivity index (χ3v) is 0. The van der Waals surface area contributed by atoms with Gasteiger partial charge in [0.25, 0.3) is 14.1 Å². The third-order valence-electron chi connectivity index (χ3n) is 0. The van der Waals surface area contributed by atoms with Gasteiger partial charge in [-0.15, -0.1) is 17.4 Å². The summed E-state index contributed by atoms with van der Waals surface area (Å²) in [5.41, 5.74) is 0. The van der Waals surface area contributed by atoms with Crippen LogP contribution in [0, 0.1) is 0 Å². The average molecular weight is 106 g/mol. The molecular weight excluding hydrogens is 96.8 g/mol. The molecule has 0 aliphatic heterocycles. The molecule has 0 aliphatic carbocycles. The van der Waals surface area contributed by atoms with Crippen LogP contribution in [-0.4, -0.2) is 22.6 Å². The van der Waals surface area contributed by atoms with Crippen LogP contribution in [0.25, 0.3) is 0 Å². The van der Waals surface area contributed by atoms with E-state index in [1.165, 1.54) is 0 Å². The van der Waals surface area contributed by atoms with Crippen molar-refractivity contribution in [3.63, 3.8) is 0 Å². The van der Waals surface area contributed by atoms with Crippen LogP contribution in [-0.2, 0) is 0 Å². The minimum absolute atomic E-state index is 0. The Morgan fingerprint density at radius 1 is 1.00 bits per heavy atom. The number of hydrogen-bond donors (Lipinski definition) is 0. The van der Waals surface area contributed by atoms with Crippen molar-refractivity contribution in [2.75, 3.05) is 0 Å². The summed E-state index contributed by atoms with van der Waals surface area (Å²) in [6, 6.07) is 0. The van der Waals surface area contributed by atoms with Crippen LogP contribution in [0.2, 0.25) is 17.4 Å². The molecule has 0 aromatic rings. The fourth-order valence-electron chi connectivity index (χ4n) is 0. The van der Waals surface area contributed by atoms with Crippen LogP contribution < -0.4 is 29.6 Å². The zero-order valence-corrected chi connectivity index (χ0v) is 8.31. The van der Waals surface area contributed by atoms with Crippen molar-refractivity contribution in [2.45, 2.75) is 17.4 Å². The van der Waals surface area contributed by atoms with Crippen molar-refractivity contribution in [1.29, 1.82) is 0 Å². The van der Waals surface area contributed by atoms with E-state index in [1.807, 2.05) is 0 Å². The van der Waals surface area contributed by atoms with Crippen LogP contribution >= 0.6 is 0 Å². The quantitative estimate of drug-likeness (QED) is 0.313. The molecule has 0 atom stereocenters. The first-order chi connectivity index (χ1) is 1.73. The minimum Gasteiger partial charge on any atom is -1.00 e. The maximum absolute atomic E-state index is 2.31. The zero-order valence-electron chi connectivity index (χ0n) is 5.15. The van der Waals surface area contributed by atoms with Gasteiger partial charge in [-0.2, -0.15) is 0 Å². The molecule has 0 fully saturated rings. The first kappa shape index (κ1) is 15.6. The third kappa shape index (κ3) is 46.4. The van der Waals surface area contributed by atoms with E-state index in [1.54, 1.807) is 0 Å². The first-order valence-corrected chi connectivity index (χ1v) is 5.20. The average Bonchev–Trinajstić information content (AvgIpc) is 0.811. The monoisotopic (exact) mass is 106 g/mol. The van der Waals surface area contributed by atoms with Crippen molar-refractivity contribution in [1.82, 2.24) is 0 Å². The summed E-state index contributed by atoms with van der Waals surface area (Å²) in [6.07, 6.45) is 0. The Hall–Kier alpha value is 1.60. The van der Waals surface area contributed by atoms with Gasteiger partial charge in [-0.05, 0) is 0 Å². The fourth-order valence-corrected chi connectivity index (χ4v) is 0. The second-order valence-corrected chi connectivity index (χ2v) is 5.20. The van der Waals surface area contributed by atoms with E-state index >= 15 is 0 Å². The molecule has 4 radical (unpaired) electrons. The van der Waals surface area contributed by atoms with Gasteiger partial charge in [0.1, 0.15) is 0 Å². The van der Waals surface area contributed by atoms with Crippen LogP contribution in [0.15, 0.2) is 0 Å². The minimum atomic E-state index is -0.139. The Kier molecular flexibility index (Phi) is 25.5. The summed E-state index contributed by atoms with van der Waals surface area (Å²) < 4.78 is 0. The van der Waals surface area contributed by atoms with E-state index in [-0.39, 0.29) is 52.1 Å². The smallest absolute Gasteiger partial charge is 1.00 e. The second kappa shape index (κ2) is 9.78. The SMILES string of the molecule is [B-].[CH3][Al]([CH3])[CH3].[Na+]. The van der Waals surface area contributed by atoms with Crippen LogP contribution in [0.3, 0.4) is 0 Å². The van der Waals surface area contributed by atoms with Gasteiger partial charge in [-0.3, -0.25) is 0 Å². The van der Waals surface area contributed by atoms with Gasteiger partial charge in [-0.25, -0.2) is 0 Å². The fraction of sp³-hybridized carbons (Fsp3) is 1.00. The maximum atomic E-state index is 2.31. The number of hydrogen-bond acceptors (Lipinski definition) is 0. The first-order valence-electron chi connectivity index (χ1n) is 1.73. The Morgan fingerprint density at radius 2 is 1.00 bits per heavy atom. The zero-order chi connectivity index (χ0) is 3.58. The van der Waals surface area contributed by atoms with E-state index in [2.05, 4.69) is 17.4 Å². The predicted octanol–water partition coefficient (Wildman–Crippen LogP) is -2.01. The van der Waals surface area contributed by atoms with Crippen molar-refractivity contribution in [3.05, 3.63) is 0 Å². The molecule has 0 rings (SSSR count). The van der Waals surface area contributed by atoms with Crippen molar-refractivity contribution < 1.29 is 29.6 Å². The summed E-state index contributed by atoms with van der Waals surface area (Å²) in [6.45, 7) is 0. The summed E-state index contributed by atoms with van der Waals surface area (Å²) in [4.78, 5) is 0. The van der Waals surface area contributed by atoms with Crippen molar-refractivity contribution in [3.8, 4) is 0 Å². The Balaban J connectivity index is -0.0000000450. The van der Waals surface area contributed by atoms with E-state index < -0.39 is 0 Å². The molecule has 0 N–H and O–H groups in total. The molecule has 6 heavy (non-hydrogen) atoms. The molecule has 0 nitrogen and oxygen atoms in total. The van der Waals surface area contributed by atoms with Gasteiger partial charge >= 0.3 is 29.6 Å². The summed E-state index contributed by atoms with van der Waals surface area (Å²) in [5, 5.41) is 0. The molecule has 0 saturated heterocycles. The molecule has 0 aromatic carbocycles. The van der Waals surface area contributed by atoms with Gasteiger partial charge < -0.3 is 8.41 Å². The van der Waals surface area contributed by atoms with Gasteiger partial charge in [-0.1, -0.05) is 0 Å². The molecule has 0 bridgehead atoms. The Bertz CT molecular complexity index is 15.5. The Morgan fingerprint density at radius 3 is 1.00 bits per heavy atom. The molecule has 3 heteroatoms. The second-order valence-electron chi connectivity index (χ2n) is 1.73. The van der Waals surface area contributed by atoms with Crippen molar-refractivity contribution in [2.24, 2.45) is 0 Å². The van der Waals surface area contributed by atoms with Crippen LogP contribution in [0.4, 0.5) is 0 Å². The molecular formula is C3H9AlBNa. The van der Waals surface area contributed by atoms with Crippen molar-refractivity contribution >= 4 is 22.6 Å². The Labute approximate surface area is 69.0 Å². The summed E-state index contributed by atoms with van der Waals surface area (Å²) >= 11 is -0.139. The summed E-state index contributed by atoms with van der Waals surface area (Å²) in [5.74, 6) is 6.92. The van der Waals surface area contributed by atoms with E-state index in [4.69, 9.17) is 0 Å². The molecule has 28 valence electrons. The van der Waals surface area contributed by atoms with Gasteiger partial charge in [0, 0.05) is 0 Å². The molecule has 0 saturated carbocycles. The molecule has 0 amide bonds. The van der Waals surface area contributed by atoms with Crippen LogP contribution in [0.1, 0.15) is 0 Å². The maximum Gasteiger partial charge on any atom is 1.00 e. The topological polar surface area (TPSA) is 0 Å². The normalized spacial score (nSPS) is 4.50. The summed E-state index contributed by atoms with van der Waals surface area (Å²) in [7, 11) is 0. The molecule has 0 spiro atoms. The molecule has 0 unspecified atom stereocenters. The largest absolute Gasteiger partial charge is 1.00 e.